The molecule has 0 atom stereocenters. The van der Waals surface area contributed by atoms with E-state index in [1.54, 1.807) is 18.3 Å². The predicted molar refractivity (Wildman–Crippen MR) is 130 cm³/mol. The number of rotatable bonds is 8. The molecule has 3 rings (SSSR count). The third kappa shape index (κ3) is 7.50. The summed E-state index contributed by atoms with van der Waals surface area (Å²) in [6, 6.07) is 15.3. The van der Waals surface area contributed by atoms with Crippen LogP contribution in [0.15, 0.2) is 68.8 Å². The van der Waals surface area contributed by atoms with Gasteiger partial charge in [-0.05, 0) is 49.2 Å². The lowest BCUT2D eigenvalue weighted by molar-refractivity contribution is 0.0959. The highest BCUT2D eigenvalue weighted by atomic mass is 32.2. The Morgan fingerprint density at radius 1 is 1.16 bits per heavy atom. The summed E-state index contributed by atoms with van der Waals surface area (Å²) in [5.74, 6) is -0.201. The van der Waals surface area contributed by atoms with Crippen LogP contribution in [0.1, 0.15) is 42.6 Å². The van der Waals surface area contributed by atoms with Gasteiger partial charge in [-0.2, -0.15) is 0 Å². The molecule has 6 nitrogen and oxygen atoms in total. The number of hydrogen-bond donors (Lipinski definition) is 3. The van der Waals surface area contributed by atoms with Crippen molar-refractivity contribution in [2.24, 2.45) is 4.99 Å². The number of carbonyl (C=O) groups is 1. The number of anilines is 1. The number of nitrogens with one attached hydrogen (secondary N) is 2. The van der Waals surface area contributed by atoms with Crippen molar-refractivity contribution >= 4 is 46.1 Å². The van der Waals surface area contributed by atoms with E-state index >= 15 is 0 Å². The Morgan fingerprint density at radius 3 is 2.52 bits per heavy atom. The highest BCUT2D eigenvalue weighted by molar-refractivity contribution is 8.01. The number of thiazole rings is 1. The molecule has 0 spiro atoms. The lowest BCUT2D eigenvalue weighted by Gasteiger charge is -2.07. The second kappa shape index (κ2) is 12.9. The van der Waals surface area contributed by atoms with Crippen molar-refractivity contribution in [2.45, 2.75) is 43.2 Å². The fraction of sp³-hybridized carbons (Fsp3) is 0.261. The maximum Gasteiger partial charge on any atom is 0.280 e. The number of carbonyl (C=O) groups excluding carboxylic acids is 1. The van der Waals surface area contributed by atoms with Crippen molar-refractivity contribution in [3.8, 4) is 0 Å². The third-order valence-corrected chi connectivity index (χ3v) is 6.24. The highest BCUT2D eigenvalue weighted by Gasteiger charge is 2.12. The van der Waals surface area contributed by atoms with E-state index in [2.05, 4.69) is 20.8 Å². The Hall–Kier alpha value is -2.68. The standard InChI is InChI=1S/C21H22N4O2S2.C2H6/c1-3-15(24-18-7-5-4-6-14(18)2)12-22-20(26)21-23-13-19(29-21)28-17-10-8-16(25-27)9-11-17;1-2/h4-11,13,25,27H,3,12H2,1-2H3,(H,22,26);1-2H3. The summed E-state index contributed by atoms with van der Waals surface area (Å²) in [4.78, 5) is 22.4. The number of para-hydroxylation sites is 1. The molecule has 0 aliphatic rings. The Bertz CT molecular complexity index is 1000. The summed E-state index contributed by atoms with van der Waals surface area (Å²) in [5, 5.41) is 12.2. The van der Waals surface area contributed by atoms with Crippen LogP contribution < -0.4 is 10.8 Å². The van der Waals surface area contributed by atoms with Gasteiger partial charge < -0.3 is 5.32 Å². The van der Waals surface area contributed by atoms with Crippen molar-refractivity contribution < 1.29 is 10.0 Å². The molecule has 2 aromatic carbocycles. The Kier molecular flexibility index (Phi) is 10.2. The van der Waals surface area contributed by atoms with E-state index in [-0.39, 0.29) is 5.91 Å². The normalized spacial score (nSPS) is 10.8. The van der Waals surface area contributed by atoms with Crippen molar-refractivity contribution in [1.82, 2.24) is 10.3 Å². The van der Waals surface area contributed by atoms with Crippen molar-refractivity contribution in [1.29, 1.82) is 0 Å². The summed E-state index contributed by atoms with van der Waals surface area (Å²) in [6.45, 7) is 8.44. The fourth-order valence-corrected chi connectivity index (χ4v) is 4.35. The van der Waals surface area contributed by atoms with Crippen LogP contribution in [0, 0.1) is 6.92 Å². The minimum atomic E-state index is -0.201. The Balaban J connectivity index is 0.00000166. The van der Waals surface area contributed by atoms with Crippen LogP contribution in [0.2, 0.25) is 0 Å². The zero-order valence-corrected chi connectivity index (χ0v) is 19.8. The summed E-state index contributed by atoms with van der Waals surface area (Å²) < 4.78 is 0.921. The molecule has 0 saturated heterocycles. The number of nitrogens with zero attached hydrogens (tertiary/aromatic N) is 2. The molecule has 31 heavy (non-hydrogen) atoms. The lowest BCUT2D eigenvalue weighted by Crippen LogP contribution is -2.29. The van der Waals surface area contributed by atoms with Crippen molar-refractivity contribution in [2.75, 3.05) is 12.0 Å². The van der Waals surface area contributed by atoms with Gasteiger partial charge in [-0.1, -0.05) is 50.7 Å². The summed E-state index contributed by atoms with van der Waals surface area (Å²) in [6.07, 6.45) is 2.46. The average Bonchev–Trinajstić information content (AvgIpc) is 3.28. The van der Waals surface area contributed by atoms with Crippen LogP contribution in [0.5, 0.6) is 0 Å². The number of amides is 1. The van der Waals surface area contributed by atoms with Gasteiger partial charge in [0, 0.05) is 10.6 Å². The molecule has 164 valence electrons. The first-order valence-corrected chi connectivity index (χ1v) is 11.8. The van der Waals surface area contributed by atoms with E-state index in [1.165, 1.54) is 23.1 Å². The van der Waals surface area contributed by atoms with E-state index in [9.17, 15) is 4.79 Å². The quantitative estimate of drug-likeness (QED) is 0.272. The van der Waals surface area contributed by atoms with Gasteiger partial charge in [0.25, 0.3) is 5.91 Å². The zero-order valence-electron chi connectivity index (χ0n) is 18.2. The minimum Gasteiger partial charge on any atom is -0.345 e. The lowest BCUT2D eigenvalue weighted by atomic mass is 10.2. The summed E-state index contributed by atoms with van der Waals surface area (Å²) in [7, 11) is 0. The fourth-order valence-electron chi connectivity index (χ4n) is 2.49. The Morgan fingerprint density at radius 2 is 1.87 bits per heavy atom. The molecule has 0 radical (unpaired) electrons. The van der Waals surface area contributed by atoms with Crippen LogP contribution in [-0.2, 0) is 0 Å². The number of hydrogen-bond acceptors (Lipinski definition) is 7. The van der Waals surface area contributed by atoms with E-state index in [1.807, 2.05) is 64.1 Å². The van der Waals surface area contributed by atoms with Gasteiger partial charge in [-0.25, -0.2) is 4.98 Å². The number of benzene rings is 2. The molecule has 0 aliphatic heterocycles. The third-order valence-electron chi connectivity index (χ3n) is 4.14. The maximum atomic E-state index is 12.5. The monoisotopic (exact) mass is 456 g/mol. The average molecular weight is 457 g/mol. The van der Waals surface area contributed by atoms with Crippen LogP contribution in [0.3, 0.4) is 0 Å². The number of aliphatic imine (C=N–C) groups is 1. The van der Waals surface area contributed by atoms with Crippen LogP contribution in [-0.4, -0.2) is 28.4 Å². The molecule has 1 heterocycles. The molecule has 0 aliphatic carbocycles. The van der Waals surface area contributed by atoms with Gasteiger partial charge in [-0.15, -0.1) is 11.3 Å². The molecular formula is C23H28N4O2S2. The molecular weight excluding hydrogens is 428 g/mol. The first kappa shape index (κ1) is 24.6. The van der Waals surface area contributed by atoms with Gasteiger partial charge in [0.15, 0.2) is 5.01 Å². The van der Waals surface area contributed by atoms with Crippen LogP contribution in [0.25, 0.3) is 0 Å². The smallest absolute Gasteiger partial charge is 0.280 e. The van der Waals surface area contributed by atoms with Crippen molar-refractivity contribution in [3.05, 3.63) is 65.3 Å². The topological polar surface area (TPSA) is 86.6 Å². The van der Waals surface area contributed by atoms with Gasteiger partial charge in [0.1, 0.15) is 0 Å². The van der Waals surface area contributed by atoms with Gasteiger partial charge in [-0.3, -0.25) is 20.5 Å². The van der Waals surface area contributed by atoms with Gasteiger partial charge >= 0.3 is 0 Å². The van der Waals surface area contributed by atoms with E-state index in [0.29, 0.717) is 17.2 Å². The zero-order chi connectivity index (χ0) is 22.6. The first-order valence-electron chi connectivity index (χ1n) is 10.1. The van der Waals surface area contributed by atoms with Gasteiger partial charge in [0.05, 0.1) is 28.3 Å². The molecule has 3 aromatic rings. The Labute approximate surface area is 191 Å². The van der Waals surface area contributed by atoms with E-state index in [0.717, 1.165) is 32.5 Å². The molecule has 1 aromatic heterocycles. The highest BCUT2D eigenvalue weighted by Crippen LogP contribution is 2.32. The predicted octanol–water partition coefficient (Wildman–Crippen LogP) is 6.34. The first-order chi connectivity index (χ1) is 15.1. The molecule has 8 heteroatoms. The molecule has 0 fully saturated rings. The molecule has 0 unspecified atom stereocenters. The number of aromatic nitrogens is 1. The summed E-state index contributed by atoms with van der Waals surface area (Å²) >= 11 is 2.87. The second-order valence-corrected chi connectivity index (χ2v) is 8.63. The molecule has 1 amide bonds. The van der Waals surface area contributed by atoms with Crippen molar-refractivity contribution in [3.63, 3.8) is 0 Å². The van der Waals surface area contributed by atoms with E-state index < -0.39 is 0 Å². The maximum absolute atomic E-state index is 12.5. The molecule has 3 N–H and O–H groups in total. The van der Waals surface area contributed by atoms with Crippen LogP contribution >= 0.6 is 23.1 Å². The molecule has 0 bridgehead atoms. The summed E-state index contributed by atoms with van der Waals surface area (Å²) in [5.41, 5.74) is 5.67. The van der Waals surface area contributed by atoms with E-state index in [4.69, 9.17) is 5.21 Å². The van der Waals surface area contributed by atoms with Gasteiger partial charge in [0.2, 0.25) is 0 Å². The minimum absolute atomic E-state index is 0.201. The SMILES string of the molecule is CC.CCC(CNC(=O)c1ncc(Sc2ccc(NO)cc2)s1)=Nc1ccccc1C. The second-order valence-electron chi connectivity index (χ2n) is 6.22. The van der Waals surface area contributed by atoms with Crippen LogP contribution in [0.4, 0.5) is 11.4 Å². The molecule has 0 saturated carbocycles. The largest absolute Gasteiger partial charge is 0.345 e. The number of aryl methyl sites for hydroxylation is 1.